The molecule has 1 aliphatic heterocycles. The fraction of sp³-hybridized carbons (Fsp3) is 0.0741. The Morgan fingerprint density at radius 2 is 0.887 bits per heavy atom. The normalized spacial score (nSPS) is 11.6. The smallest absolute Gasteiger partial charge is 0.180 e. The van der Waals surface area contributed by atoms with Crippen LogP contribution in [0.25, 0.3) is 56.2 Å². The lowest BCUT2D eigenvalue weighted by molar-refractivity contribution is 0.362. The van der Waals surface area contributed by atoms with Gasteiger partial charge in [0.1, 0.15) is 11.5 Å². The molecular formula is C54H38F2N4O2. The number of pyridine rings is 4. The summed E-state index contributed by atoms with van der Waals surface area (Å²) in [6, 6.07) is 50.3. The van der Waals surface area contributed by atoms with Gasteiger partial charge in [0.2, 0.25) is 0 Å². The molecule has 10 rings (SSSR count). The summed E-state index contributed by atoms with van der Waals surface area (Å²) in [5.41, 5.74) is 11.1. The summed E-state index contributed by atoms with van der Waals surface area (Å²) in [6.07, 6.45) is 9.31. The van der Waals surface area contributed by atoms with E-state index in [1.165, 1.54) is 0 Å². The second kappa shape index (κ2) is 17.0. The number of aryl methyl sites for hydroxylation is 4. The predicted octanol–water partition coefficient (Wildman–Crippen LogP) is 13.3. The quantitative estimate of drug-likeness (QED) is 0.130. The van der Waals surface area contributed by atoms with Gasteiger partial charge in [0, 0.05) is 41.5 Å². The Hall–Kier alpha value is -7.84. The van der Waals surface area contributed by atoms with Crippen molar-refractivity contribution in [3.05, 3.63) is 216 Å². The molecule has 300 valence electrons. The summed E-state index contributed by atoms with van der Waals surface area (Å²) >= 11 is 0. The third-order valence-corrected chi connectivity index (χ3v) is 11.1. The topological polar surface area (TPSA) is 70.0 Å². The summed E-state index contributed by atoms with van der Waals surface area (Å²) in [5.74, 6) is 1.76. The minimum absolute atomic E-state index is 0.230. The molecule has 0 spiro atoms. The summed E-state index contributed by atoms with van der Waals surface area (Å²) in [7, 11) is 0. The second-order valence-electron chi connectivity index (χ2n) is 15.2. The van der Waals surface area contributed by atoms with Crippen LogP contribution in [0, 0.1) is 11.6 Å². The van der Waals surface area contributed by atoms with Crippen LogP contribution in [-0.4, -0.2) is 19.9 Å². The number of aromatic nitrogens is 4. The Kier molecular flexibility index (Phi) is 10.5. The van der Waals surface area contributed by atoms with E-state index >= 15 is 8.78 Å². The average molecular weight is 813 g/mol. The van der Waals surface area contributed by atoms with Crippen LogP contribution < -0.4 is 9.47 Å². The van der Waals surface area contributed by atoms with Gasteiger partial charge in [-0.05, 0) is 143 Å². The van der Waals surface area contributed by atoms with Crippen LogP contribution in [-0.2, 0) is 25.7 Å². The number of nitrogens with zero attached hydrogens (tertiary/aromatic N) is 4. The van der Waals surface area contributed by atoms with E-state index in [1.807, 2.05) is 91.0 Å². The Morgan fingerprint density at radius 3 is 1.52 bits per heavy atom. The number of rotatable bonds is 11. The van der Waals surface area contributed by atoms with Crippen LogP contribution in [0.15, 0.2) is 183 Å². The van der Waals surface area contributed by atoms with Crippen molar-refractivity contribution in [1.82, 2.24) is 19.9 Å². The van der Waals surface area contributed by atoms with Crippen molar-refractivity contribution in [3.63, 3.8) is 0 Å². The molecule has 8 heteroatoms. The largest absolute Gasteiger partial charge is 0.449 e. The standard InChI is InChI=1S/C54H38F2N4O2/c55-45-32-35(22-23-43(45)47-13-5-8-26-57-47)18-19-36-29-37(20-21-38-33-46(56)52(60-34-38)49-15-7-10-28-59-49)31-39(30-36)40-11-1-2-12-41(40)42-24-25-44(48-14-6-9-27-58-48)54-53(42)61-50-16-3-4-17-51(50)62-54/h1-17,22-34H,18-21H2. The van der Waals surface area contributed by atoms with Gasteiger partial charge in [0.05, 0.1) is 17.1 Å². The lowest BCUT2D eigenvalue weighted by Gasteiger charge is -2.25. The van der Waals surface area contributed by atoms with E-state index in [2.05, 4.69) is 56.3 Å². The van der Waals surface area contributed by atoms with Crippen molar-refractivity contribution >= 4 is 0 Å². The van der Waals surface area contributed by atoms with Gasteiger partial charge >= 0.3 is 0 Å². The molecule has 0 fully saturated rings. The SMILES string of the molecule is Fc1cc(CCc2cc(CCc3cnc(-c4ccccn4)c(F)c3)cc(-c3ccccc3-c3ccc(-c4ccccn4)c4c3Oc3ccccc3O4)c2)ccc1-c1ccccn1. The predicted molar refractivity (Wildman–Crippen MR) is 239 cm³/mol. The van der Waals surface area contributed by atoms with Gasteiger partial charge in [0.15, 0.2) is 28.8 Å². The van der Waals surface area contributed by atoms with Crippen molar-refractivity contribution in [2.24, 2.45) is 0 Å². The van der Waals surface area contributed by atoms with Crippen LogP contribution in [0.1, 0.15) is 22.3 Å². The van der Waals surface area contributed by atoms with E-state index in [4.69, 9.17) is 9.47 Å². The highest BCUT2D eigenvalue weighted by Crippen LogP contribution is 2.54. The van der Waals surface area contributed by atoms with E-state index < -0.39 is 5.82 Å². The van der Waals surface area contributed by atoms with Crippen molar-refractivity contribution in [2.45, 2.75) is 25.7 Å². The maximum atomic E-state index is 15.5. The number of hydrogen-bond donors (Lipinski definition) is 0. The van der Waals surface area contributed by atoms with Gasteiger partial charge < -0.3 is 9.47 Å². The van der Waals surface area contributed by atoms with Crippen LogP contribution in [0.5, 0.6) is 23.0 Å². The lowest BCUT2D eigenvalue weighted by atomic mass is 9.89. The number of hydrogen-bond acceptors (Lipinski definition) is 6. The van der Waals surface area contributed by atoms with Crippen LogP contribution >= 0.6 is 0 Å². The Labute approximate surface area is 358 Å². The van der Waals surface area contributed by atoms with Crippen molar-refractivity contribution in [1.29, 1.82) is 0 Å². The molecule has 0 saturated carbocycles. The Bertz CT molecular complexity index is 2940. The maximum absolute atomic E-state index is 15.5. The monoisotopic (exact) mass is 812 g/mol. The van der Waals surface area contributed by atoms with E-state index in [1.54, 1.807) is 55.1 Å². The fourth-order valence-electron chi connectivity index (χ4n) is 8.04. The van der Waals surface area contributed by atoms with Gasteiger partial charge in [-0.25, -0.2) is 8.78 Å². The molecule has 4 aromatic heterocycles. The van der Waals surface area contributed by atoms with E-state index in [-0.39, 0.29) is 11.5 Å². The third-order valence-electron chi connectivity index (χ3n) is 11.1. The highest BCUT2D eigenvalue weighted by atomic mass is 19.1. The first kappa shape index (κ1) is 38.4. The molecule has 0 saturated heterocycles. The molecule has 1 aliphatic rings. The molecule has 6 nitrogen and oxygen atoms in total. The molecule has 0 bridgehead atoms. The molecule has 0 atom stereocenters. The molecule has 5 heterocycles. The van der Waals surface area contributed by atoms with Gasteiger partial charge in [-0.1, -0.05) is 78.9 Å². The third kappa shape index (κ3) is 7.94. The highest BCUT2D eigenvalue weighted by molar-refractivity contribution is 5.91. The number of halogens is 2. The van der Waals surface area contributed by atoms with Crippen molar-refractivity contribution in [3.8, 4) is 79.2 Å². The van der Waals surface area contributed by atoms with Crippen LogP contribution in [0.3, 0.4) is 0 Å². The van der Waals surface area contributed by atoms with Crippen LogP contribution in [0.2, 0.25) is 0 Å². The molecule has 9 aromatic rings. The minimum atomic E-state index is -0.405. The Morgan fingerprint density at radius 1 is 0.371 bits per heavy atom. The zero-order chi connectivity index (χ0) is 41.8. The highest BCUT2D eigenvalue weighted by Gasteiger charge is 2.27. The number of benzene rings is 5. The molecule has 62 heavy (non-hydrogen) atoms. The summed E-state index contributed by atoms with van der Waals surface area (Å²) < 4.78 is 44.2. The number of para-hydroxylation sites is 2. The lowest BCUT2D eigenvalue weighted by Crippen LogP contribution is -2.03. The zero-order valence-electron chi connectivity index (χ0n) is 33.5. The number of fused-ring (bicyclic) bond motifs is 2. The maximum Gasteiger partial charge on any atom is 0.180 e. The molecule has 0 unspecified atom stereocenters. The van der Waals surface area contributed by atoms with E-state index in [0.29, 0.717) is 65.6 Å². The Balaban J connectivity index is 1.02. The van der Waals surface area contributed by atoms with Gasteiger partial charge in [-0.2, -0.15) is 0 Å². The summed E-state index contributed by atoms with van der Waals surface area (Å²) in [6.45, 7) is 0. The first-order valence-electron chi connectivity index (χ1n) is 20.6. The first-order chi connectivity index (χ1) is 30.5. The van der Waals surface area contributed by atoms with Crippen molar-refractivity contribution < 1.29 is 18.3 Å². The molecule has 5 aromatic carbocycles. The number of ether oxygens (including phenoxy) is 2. The fourth-order valence-corrected chi connectivity index (χ4v) is 8.04. The van der Waals surface area contributed by atoms with E-state index in [9.17, 15) is 0 Å². The van der Waals surface area contributed by atoms with Gasteiger partial charge in [0.25, 0.3) is 0 Å². The first-order valence-corrected chi connectivity index (χ1v) is 20.6. The van der Waals surface area contributed by atoms with Gasteiger partial charge in [-0.15, -0.1) is 0 Å². The summed E-state index contributed by atoms with van der Waals surface area (Å²) in [4.78, 5) is 17.7. The van der Waals surface area contributed by atoms with Gasteiger partial charge in [-0.3, -0.25) is 19.9 Å². The average Bonchev–Trinajstić information content (AvgIpc) is 3.32. The molecule has 0 N–H and O–H groups in total. The second-order valence-corrected chi connectivity index (χ2v) is 15.2. The molecule has 0 radical (unpaired) electrons. The van der Waals surface area contributed by atoms with Crippen LogP contribution in [0.4, 0.5) is 8.78 Å². The molecule has 0 amide bonds. The molecular weight excluding hydrogens is 775 g/mol. The molecule has 0 aliphatic carbocycles. The van der Waals surface area contributed by atoms with Crippen molar-refractivity contribution in [2.75, 3.05) is 0 Å². The summed E-state index contributed by atoms with van der Waals surface area (Å²) in [5, 5.41) is 0. The van der Waals surface area contributed by atoms with E-state index in [0.717, 1.165) is 55.8 Å². The zero-order valence-corrected chi connectivity index (χ0v) is 33.5. The minimum Gasteiger partial charge on any atom is -0.449 e.